The fraction of sp³-hybridized carbons (Fsp3) is 0.240. The molecule has 0 aliphatic carbocycles. The van der Waals surface area contributed by atoms with Crippen LogP contribution in [0.5, 0.6) is 5.88 Å². The maximum atomic E-state index is 13.3. The van der Waals surface area contributed by atoms with Crippen molar-refractivity contribution in [2.24, 2.45) is 0 Å². The van der Waals surface area contributed by atoms with Gasteiger partial charge in [-0.2, -0.15) is 0 Å². The van der Waals surface area contributed by atoms with Crippen molar-refractivity contribution >= 4 is 40.2 Å². The first kappa shape index (κ1) is 22.1. The third-order valence-electron chi connectivity index (χ3n) is 5.85. The van der Waals surface area contributed by atoms with Gasteiger partial charge in [-0.1, -0.05) is 53.7 Å². The molecule has 0 spiro atoms. The molecule has 172 valence electrons. The second-order valence-corrected chi connectivity index (χ2v) is 9.17. The summed E-state index contributed by atoms with van der Waals surface area (Å²) in [5, 5.41) is 19.2. The minimum atomic E-state index is -0.760. The first-order valence-corrected chi connectivity index (χ1v) is 12.0. The number of carbonyl (C=O) groups is 2. The molecule has 0 N–H and O–H groups in total. The zero-order valence-electron chi connectivity index (χ0n) is 19.1. The van der Waals surface area contributed by atoms with Crippen LogP contribution in [0.1, 0.15) is 43.7 Å². The van der Waals surface area contributed by atoms with Crippen LogP contribution in [0.4, 0.5) is 5.69 Å². The lowest BCUT2D eigenvalue weighted by Crippen LogP contribution is -2.58. The zero-order valence-corrected chi connectivity index (χ0v) is 19.9. The normalized spacial score (nSPS) is 14.7. The Morgan fingerprint density at radius 3 is 2.56 bits per heavy atom. The molecule has 2 aromatic heterocycles. The van der Waals surface area contributed by atoms with E-state index in [0.717, 1.165) is 23.1 Å². The quantitative estimate of drug-likeness (QED) is 0.332. The highest BCUT2D eigenvalue weighted by molar-refractivity contribution is 7.99. The number of rotatable bonds is 4. The van der Waals surface area contributed by atoms with Gasteiger partial charge in [0.15, 0.2) is 0 Å². The van der Waals surface area contributed by atoms with E-state index in [1.165, 1.54) is 25.6 Å². The summed E-state index contributed by atoms with van der Waals surface area (Å²) in [6.45, 7) is 5.03. The number of fused-ring (bicyclic) bond motifs is 4. The molecule has 0 fully saturated rings. The number of thioether (sulfide) groups is 1. The Balaban J connectivity index is 1.86. The molecule has 0 bridgehead atoms. The average Bonchev–Trinajstić information content (AvgIpc) is 3.21. The molecule has 9 heteroatoms. The molecule has 2 aromatic carbocycles. The van der Waals surface area contributed by atoms with E-state index in [-0.39, 0.29) is 11.8 Å². The molecule has 34 heavy (non-hydrogen) atoms. The van der Waals surface area contributed by atoms with Crippen LogP contribution in [0.15, 0.2) is 59.9 Å². The number of hydrogen-bond donors (Lipinski definition) is 0. The molecule has 0 saturated carbocycles. The summed E-state index contributed by atoms with van der Waals surface area (Å²) in [5.74, 6) is 0.0124. The molecule has 8 nitrogen and oxygen atoms in total. The van der Waals surface area contributed by atoms with Crippen LogP contribution in [0, 0.1) is 0 Å². The van der Waals surface area contributed by atoms with Crippen molar-refractivity contribution in [1.82, 2.24) is 14.6 Å². The molecule has 0 radical (unpaired) electrons. The van der Waals surface area contributed by atoms with Crippen LogP contribution in [0.25, 0.3) is 22.2 Å². The highest BCUT2D eigenvalue weighted by Crippen LogP contribution is 2.42. The Morgan fingerprint density at radius 1 is 1.09 bits per heavy atom. The van der Waals surface area contributed by atoms with Crippen molar-refractivity contribution in [3.8, 4) is 17.1 Å². The molecule has 5 rings (SSSR count). The van der Waals surface area contributed by atoms with Gasteiger partial charge < -0.3 is 5.11 Å². The Hall–Kier alpha value is -3.72. The summed E-state index contributed by atoms with van der Waals surface area (Å²) < 4.78 is 3.17. The summed E-state index contributed by atoms with van der Waals surface area (Å²) in [6, 6.07) is 14.8. The Kier molecular flexibility index (Phi) is 5.57. The van der Waals surface area contributed by atoms with Gasteiger partial charge in [0.25, 0.3) is 17.0 Å². The van der Waals surface area contributed by atoms with Gasteiger partial charge in [-0.25, -0.2) is 9.88 Å². The number of amides is 1. The summed E-state index contributed by atoms with van der Waals surface area (Å²) in [5.41, 5.74) is 2.95. The van der Waals surface area contributed by atoms with Gasteiger partial charge in [0.2, 0.25) is 11.8 Å². The fourth-order valence-electron chi connectivity index (χ4n) is 4.48. The lowest BCUT2D eigenvalue weighted by molar-refractivity contribution is -0.764. The Morgan fingerprint density at radius 2 is 1.82 bits per heavy atom. The number of carbonyl (C=O) groups excluding carboxylic acids is 2. The van der Waals surface area contributed by atoms with E-state index in [1.54, 1.807) is 26.4 Å². The maximum Gasteiger partial charge on any atom is 0.295 e. The van der Waals surface area contributed by atoms with Gasteiger partial charge in [-0.05, 0) is 24.6 Å². The topological polar surface area (TPSA) is 95.0 Å². The molecule has 3 heterocycles. The number of hydrogen-bond acceptors (Lipinski definition) is 6. The van der Waals surface area contributed by atoms with Crippen LogP contribution in [-0.2, 0) is 4.79 Å². The first-order chi connectivity index (χ1) is 16.4. The minimum absolute atomic E-state index is 0.148. The van der Waals surface area contributed by atoms with E-state index in [1.807, 2.05) is 49.4 Å². The first-order valence-electron chi connectivity index (χ1n) is 11.1. The maximum absolute atomic E-state index is 13.3. The van der Waals surface area contributed by atoms with Crippen molar-refractivity contribution in [3.05, 3.63) is 60.3 Å². The largest absolute Gasteiger partial charge is 0.854 e. The van der Waals surface area contributed by atoms with Crippen LogP contribution < -0.4 is 14.7 Å². The molecule has 1 aliphatic heterocycles. The van der Waals surface area contributed by atoms with Crippen molar-refractivity contribution in [1.29, 1.82) is 0 Å². The monoisotopic (exact) mass is 473 g/mol. The molecule has 1 atom stereocenters. The second-order valence-electron chi connectivity index (χ2n) is 8.11. The van der Waals surface area contributed by atoms with Crippen molar-refractivity contribution in [3.63, 3.8) is 0 Å². The molecular formula is C25H23N5O3S. The number of anilines is 1. The van der Waals surface area contributed by atoms with Crippen molar-refractivity contribution in [2.45, 2.75) is 38.5 Å². The standard InChI is InChI=1S/C25H23N5O3S/c1-4-13-34-25-26-23(33)22-18-10-6-8-12-21(18)29(16(3)32)24(30(22)27-25)19-14-28(15(2)31)20-11-7-5-9-17(19)20/h5-12,14,24H,4,13H2,1-3H3. The summed E-state index contributed by atoms with van der Waals surface area (Å²) >= 11 is 1.40. The van der Waals surface area contributed by atoms with Crippen molar-refractivity contribution < 1.29 is 19.4 Å². The number of aromatic nitrogens is 4. The van der Waals surface area contributed by atoms with E-state index < -0.39 is 12.0 Å². The van der Waals surface area contributed by atoms with E-state index in [9.17, 15) is 14.7 Å². The smallest absolute Gasteiger partial charge is 0.295 e. The number of para-hydroxylation sites is 2. The Bertz CT molecular complexity index is 1450. The third-order valence-corrected chi connectivity index (χ3v) is 6.90. The fourth-order valence-corrected chi connectivity index (χ4v) is 5.16. The lowest BCUT2D eigenvalue weighted by Gasteiger charge is -2.32. The molecule has 0 saturated heterocycles. The Labute approximate surface area is 200 Å². The van der Waals surface area contributed by atoms with Gasteiger partial charge in [0.05, 0.1) is 28.2 Å². The van der Waals surface area contributed by atoms with Gasteiger partial charge in [0.1, 0.15) is 0 Å². The SMILES string of the molecule is CCCSc1nc([O-])c2[n+](n1)C(c1cn(C(C)=O)c3ccccc13)N(C(C)=O)c1ccccc1-2. The summed E-state index contributed by atoms with van der Waals surface area (Å²) in [7, 11) is 0. The van der Waals surface area contributed by atoms with Crippen LogP contribution in [0.3, 0.4) is 0 Å². The predicted molar refractivity (Wildman–Crippen MR) is 128 cm³/mol. The van der Waals surface area contributed by atoms with Crippen LogP contribution in [-0.4, -0.2) is 32.2 Å². The van der Waals surface area contributed by atoms with Gasteiger partial charge in [-0.3, -0.25) is 14.2 Å². The third kappa shape index (κ3) is 3.43. The minimum Gasteiger partial charge on any atom is -0.854 e. The zero-order chi connectivity index (χ0) is 24.0. The summed E-state index contributed by atoms with van der Waals surface area (Å²) in [6.07, 6.45) is 1.88. The highest BCUT2D eigenvalue weighted by Gasteiger charge is 2.45. The molecule has 4 aromatic rings. The van der Waals surface area contributed by atoms with Crippen LogP contribution in [0.2, 0.25) is 0 Å². The number of nitrogens with zero attached hydrogens (tertiary/aromatic N) is 5. The predicted octanol–water partition coefficient (Wildman–Crippen LogP) is 3.54. The van der Waals surface area contributed by atoms with Gasteiger partial charge >= 0.3 is 0 Å². The van der Waals surface area contributed by atoms with E-state index >= 15 is 0 Å². The molecule has 1 amide bonds. The van der Waals surface area contributed by atoms with Gasteiger partial charge in [-0.15, -0.1) is 0 Å². The average molecular weight is 474 g/mol. The lowest BCUT2D eigenvalue weighted by atomic mass is 10.0. The van der Waals surface area contributed by atoms with Crippen molar-refractivity contribution in [2.75, 3.05) is 10.7 Å². The molecule has 1 unspecified atom stereocenters. The van der Waals surface area contributed by atoms with E-state index in [0.29, 0.717) is 27.7 Å². The highest BCUT2D eigenvalue weighted by atomic mass is 32.2. The van der Waals surface area contributed by atoms with E-state index in [2.05, 4.69) is 4.98 Å². The molecular weight excluding hydrogens is 450 g/mol. The summed E-state index contributed by atoms with van der Waals surface area (Å²) in [4.78, 5) is 31.4. The van der Waals surface area contributed by atoms with Crippen LogP contribution >= 0.6 is 11.8 Å². The number of benzene rings is 2. The van der Waals surface area contributed by atoms with Gasteiger partial charge in [0, 0.05) is 36.3 Å². The van der Waals surface area contributed by atoms with E-state index in [4.69, 9.17) is 5.10 Å². The second kappa shape index (κ2) is 8.57. The molecule has 1 aliphatic rings.